The second-order valence-electron chi connectivity index (χ2n) is 8.54. The average Bonchev–Trinajstić information content (AvgIpc) is 2.67. The van der Waals surface area contributed by atoms with Crippen LogP contribution in [0.5, 0.6) is 0 Å². The molecule has 180 valence electrons. The predicted octanol–water partition coefficient (Wildman–Crippen LogP) is 2.88. The highest BCUT2D eigenvalue weighted by molar-refractivity contribution is 5.87. The van der Waals surface area contributed by atoms with Crippen molar-refractivity contribution in [2.45, 2.75) is 103 Å². The fraction of sp³-hybridized carbons (Fsp3) is 0.810. The van der Waals surface area contributed by atoms with Crippen molar-refractivity contribution in [3.8, 4) is 0 Å². The number of rotatable bonds is 16. The Morgan fingerprint density at radius 2 is 1.42 bits per heavy atom. The van der Waals surface area contributed by atoms with Gasteiger partial charge in [0.1, 0.15) is 11.6 Å². The molecule has 0 bridgehead atoms. The second kappa shape index (κ2) is 16.3. The summed E-state index contributed by atoms with van der Waals surface area (Å²) in [6, 6.07) is -1.06. The lowest BCUT2D eigenvalue weighted by atomic mass is 10.1. The van der Waals surface area contributed by atoms with E-state index in [0.717, 1.165) is 44.9 Å². The highest BCUT2D eigenvalue weighted by Crippen LogP contribution is 2.10. The third-order valence-electron chi connectivity index (χ3n) is 4.41. The monoisotopic (exact) mass is 445 g/mol. The molecule has 0 saturated heterocycles. The molecule has 0 aromatic heterocycles. The lowest BCUT2D eigenvalue weighted by Gasteiger charge is -2.19. The standard InChI is InChI=1S/C21H39N3O7/c1-21(2,3)31-20(29)22-15-11-9-7-5-4-6-8-10-12-17(25)23-16(19(28)24-30)13-14-18(26)27/h16,30H,4-15H2,1-3H3,(H,22,29)(H,23,25)(H,24,28)(H,26,27)/t16-/m1/s1. The van der Waals surface area contributed by atoms with Crippen molar-refractivity contribution in [1.82, 2.24) is 16.1 Å². The van der Waals surface area contributed by atoms with Crippen molar-refractivity contribution in [1.29, 1.82) is 0 Å². The number of aliphatic carboxylic acids is 1. The number of ether oxygens (including phenoxy) is 1. The average molecular weight is 446 g/mol. The number of amides is 3. The molecule has 0 saturated carbocycles. The van der Waals surface area contributed by atoms with Gasteiger partial charge < -0.3 is 20.5 Å². The van der Waals surface area contributed by atoms with Crippen LogP contribution in [0.3, 0.4) is 0 Å². The van der Waals surface area contributed by atoms with E-state index in [1.165, 1.54) is 5.48 Å². The molecule has 10 heteroatoms. The van der Waals surface area contributed by atoms with Gasteiger partial charge in [0.05, 0.1) is 0 Å². The molecule has 31 heavy (non-hydrogen) atoms. The number of carbonyl (C=O) groups excluding carboxylic acids is 3. The van der Waals surface area contributed by atoms with E-state index in [-0.39, 0.29) is 31.3 Å². The molecule has 0 fully saturated rings. The summed E-state index contributed by atoms with van der Waals surface area (Å²) in [5.74, 6) is -2.24. The maximum atomic E-state index is 11.9. The number of hydroxylamine groups is 1. The maximum Gasteiger partial charge on any atom is 0.407 e. The third-order valence-corrected chi connectivity index (χ3v) is 4.41. The Balaban J connectivity index is 3.68. The second-order valence-corrected chi connectivity index (χ2v) is 8.54. The minimum atomic E-state index is -1.08. The quantitative estimate of drug-likeness (QED) is 0.139. The summed E-state index contributed by atoms with van der Waals surface area (Å²) in [5, 5.41) is 22.6. The van der Waals surface area contributed by atoms with Crippen molar-refractivity contribution in [2.24, 2.45) is 0 Å². The SMILES string of the molecule is CC(C)(C)OC(=O)NCCCCCCCCCCC(=O)N[C@H](CCC(=O)O)C(=O)NO. The van der Waals surface area contributed by atoms with Crippen LogP contribution in [0, 0.1) is 0 Å². The largest absolute Gasteiger partial charge is 0.481 e. The zero-order valence-electron chi connectivity index (χ0n) is 19.0. The Kier molecular flexibility index (Phi) is 15.1. The summed E-state index contributed by atoms with van der Waals surface area (Å²) in [6.07, 6.45) is 7.24. The van der Waals surface area contributed by atoms with Gasteiger partial charge in [0.15, 0.2) is 0 Å². The first kappa shape index (κ1) is 28.6. The molecule has 0 aliphatic rings. The Morgan fingerprint density at radius 3 is 1.94 bits per heavy atom. The molecule has 3 amide bonds. The van der Waals surface area contributed by atoms with Crippen molar-refractivity contribution in [3.63, 3.8) is 0 Å². The van der Waals surface area contributed by atoms with E-state index < -0.39 is 23.5 Å². The van der Waals surface area contributed by atoms with Crippen LogP contribution in [0.1, 0.15) is 91.4 Å². The van der Waals surface area contributed by atoms with Crippen molar-refractivity contribution >= 4 is 23.9 Å². The highest BCUT2D eigenvalue weighted by Gasteiger charge is 2.21. The van der Waals surface area contributed by atoms with Gasteiger partial charge in [-0.05, 0) is 40.0 Å². The lowest BCUT2D eigenvalue weighted by molar-refractivity contribution is -0.139. The molecule has 0 aromatic carbocycles. The maximum absolute atomic E-state index is 11.9. The van der Waals surface area contributed by atoms with E-state index in [1.807, 2.05) is 20.8 Å². The van der Waals surface area contributed by atoms with Gasteiger partial charge in [-0.15, -0.1) is 0 Å². The molecule has 0 unspecified atom stereocenters. The Bertz CT molecular complexity index is 562. The Labute approximate surface area is 184 Å². The number of carbonyl (C=O) groups is 4. The van der Waals surface area contributed by atoms with Crippen molar-refractivity contribution in [2.75, 3.05) is 6.54 Å². The number of unbranched alkanes of at least 4 members (excludes halogenated alkanes) is 7. The molecule has 0 radical (unpaired) electrons. The van der Waals surface area contributed by atoms with Crippen molar-refractivity contribution < 1.29 is 34.2 Å². The molecule has 0 rings (SSSR count). The topological polar surface area (TPSA) is 154 Å². The van der Waals surface area contributed by atoms with Crippen LogP contribution in [-0.2, 0) is 19.1 Å². The molecule has 0 aromatic rings. The van der Waals surface area contributed by atoms with Gasteiger partial charge in [0.2, 0.25) is 5.91 Å². The summed E-state index contributed by atoms with van der Waals surface area (Å²) < 4.78 is 5.16. The molecular weight excluding hydrogens is 406 g/mol. The number of hydrogen-bond donors (Lipinski definition) is 5. The van der Waals surface area contributed by atoms with Gasteiger partial charge in [-0.25, -0.2) is 10.3 Å². The summed E-state index contributed by atoms with van der Waals surface area (Å²) >= 11 is 0. The smallest absolute Gasteiger partial charge is 0.407 e. The summed E-state index contributed by atoms with van der Waals surface area (Å²) in [7, 11) is 0. The summed E-state index contributed by atoms with van der Waals surface area (Å²) in [6.45, 7) is 6.08. The summed E-state index contributed by atoms with van der Waals surface area (Å²) in [5.41, 5.74) is 0.958. The van der Waals surface area contributed by atoms with E-state index >= 15 is 0 Å². The van der Waals surface area contributed by atoms with Gasteiger partial charge in [-0.3, -0.25) is 19.6 Å². The zero-order valence-corrected chi connectivity index (χ0v) is 19.0. The van der Waals surface area contributed by atoms with Crippen LogP contribution < -0.4 is 16.1 Å². The number of alkyl carbamates (subject to hydrolysis) is 1. The van der Waals surface area contributed by atoms with E-state index in [2.05, 4.69) is 10.6 Å². The molecule has 5 N–H and O–H groups in total. The fourth-order valence-electron chi connectivity index (χ4n) is 2.86. The minimum absolute atomic E-state index is 0.0826. The van der Waals surface area contributed by atoms with Crippen LogP contribution in [0.4, 0.5) is 4.79 Å². The normalized spacial score (nSPS) is 12.0. The van der Waals surface area contributed by atoms with Gasteiger partial charge in [-0.2, -0.15) is 0 Å². The van der Waals surface area contributed by atoms with E-state index in [4.69, 9.17) is 15.1 Å². The first-order chi connectivity index (χ1) is 14.5. The molecule has 0 heterocycles. The van der Waals surface area contributed by atoms with Crippen LogP contribution >= 0.6 is 0 Å². The minimum Gasteiger partial charge on any atom is -0.481 e. The van der Waals surface area contributed by atoms with E-state index in [9.17, 15) is 19.2 Å². The highest BCUT2D eigenvalue weighted by atomic mass is 16.6. The molecule has 0 aliphatic heterocycles. The van der Waals surface area contributed by atoms with Crippen LogP contribution in [-0.4, -0.2) is 52.4 Å². The number of carboxylic acid groups (broad SMARTS) is 1. The molecule has 1 atom stereocenters. The Morgan fingerprint density at radius 1 is 0.871 bits per heavy atom. The Hall–Kier alpha value is -2.36. The van der Waals surface area contributed by atoms with Crippen LogP contribution in [0.2, 0.25) is 0 Å². The van der Waals surface area contributed by atoms with Gasteiger partial charge in [0, 0.05) is 19.4 Å². The van der Waals surface area contributed by atoms with Crippen LogP contribution in [0.15, 0.2) is 0 Å². The van der Waals surface area contributed by atoms with Crippen molar-refractivity contribution in [3.05, 3.63) is 0 Å². The van der Waals surface area contributed by atoms with Gasteiger partial charge in [0.25, 0.3) is 5.91 Å². The molecule has 0 spiro atoms. The van der Waals surface area contributed by atoms with Gasteiger partial charge in [-0.1, -0.05) is 38.5 Å². The van der Waals surface area contributed by atoms with E-state index in [1.54, 1.807) is 0 Å². The molecule has 0 aliphatic carbocycles. The number of carboxylic acids is 1. The number of nitrogens with one attached hydrogen (secondary N) is 3. The molecular formula is C21H39N3O7. The first-order valence-corrected chi connectivity index (χ1v) is 11.0. The zero-order chi connectivity index (χ0) is 23.7. The fourth-order valence-corrected chi connectivity index (χ4v) is 2.86. The third kappa shape index (κ3) is 18.2. The lowest BCUT2D eigenvalue weighted by Crippen LogP contribution is -2.46. The predicted molar refractivity (Wildman–Crippen MR) is 115 cm³/mol. The van der Waals surface area contributed by atoms with Gasteiger partial charge >= 0.3 is 12.1 Å². The first-order valence-electron chi connectivity index (χ1n) is 11.0. The van der Waals surface area contributed by atoms with E-state index in [0.29, 0.717) is 13.0 Å². The molecule has 10 nitrogen and oxygen atoms in total. The number of hydrogen-bond acceptors (Lipinski definition) is 6. The summed E-state index contributed by atoms with van der Waals surface area (Å²) in [4.78, 5) is 45.5. The van der Waals surface area contributed by atoms with Crippen LogP contribution in [0.25, 0.3) is 0 Å².